The van der Waals surface area contributed by atoms with Crippen molar-refractivity contribution in [3.63, 3.8) is 0 Å². The summed E-state index contributed by atoms with van der Waals surface area (Å²) in [5.74, 6) is 0.423. The number of halogens is 1. The van der Waals surface area contributed by atoms with Crippen LogP contribution in [0.5, 0.6) is 5.75 Å². The van der Waals surface area contributed by atoms with E-state index in [4.69, 9.17) is 14.5 Å². The molecule has 0 atom stereocenters. The van der Waals surface area contributed by atoms with Gasteiger partial charge in [0.05, 0.1) is 35.3 Å². The lowest BCUT2D eigenvalue weighted by atomic mass is 9.88. The number of hydrogen-bond acceptors (Lipinski definition) is 8. The van der Waals surface area contributed by atoms with E-state index in [0.29, 0.717) is 48.6 Å². The van der Waals surface area contributed by atoms with Gasteiger partial charge in [-0.1, -0.05) is 35.2 Å². The third-order valence-electron chi connectivity index (χ3n) is 7.02. The molecule has 2 fully saturated rings. The van der Waals surface area contributed by atoms with Crippen molar-refractivity contribution in [2.75, 3.05) is 32.9 Å². The molecule has 1 amide bonds. The molecule has 1 aromatic heterocycles. The first-order valence-corrected chi connectivity index (χ1v) is 13.7. The number of hydrogen-bond donors (Lipinski definition) is 0. The molecule has 2 aliphatic rings. The Morgan fingerprint density at radius 2 is 1.95 bits per heavy atom. The van der Waals surface area contributed by atoms with Gasteiger partial charge in [0.2, 0.25) is 0 Å². The van der Waals surface area contributed by atoms with E-state index in [1.54, 1.807) is 17.0 Å². The maximum Gasteiger partial charge on any atom is 0.311 e. The summed E-state index contributed by atoms with van der Waals surface area (Å²) >= 11 is 3.41. The fraction of sp³-hybridized carbons (Fsp3) is 0.407. The number of ether oxygens (including phenoxy) is 2. The van der Waals surface area contributed by atoms with Gasteiger partial charge in [0, 0.05) is 35.1 Å². The fourth-order valence-electron chi connectivity index (χ4n) is 4.95. The average molecular weight is 598 g/mol. The maximum absolute atomic E-state index is 13.5. The number of fused-ring (bicyclic) bond motifs is 1. The quantitative estimate of drug-likeness (QED) is 0.226. The molecule has 1 saturated carbocycles. The normalized spacial score (nSPS) is 16.6. The molecule has 0 N–H and O–H groups in total. The zero-order valence-electron chi connectivity index (χ0n) is 21.3. The molecule has 12 heteroatoms. The Morgan fingerprint density at radius 3 is 2.69 bits per heavy atom. The Labute approximate surface area is 232 Å². The van der Waals surface area contributed by atoms with E-state index in [2.05, 4.69) is 21.0 Å². The number of carbonyl (C=O) groups is 1. The minimum absolute atomic E-state index is 0.0176. The lowest BCUT2D eigenvalue weighted by molar-refractivity contribution is -0.385. The van der Waals surface area contributed by atoms with Crippen LogP contribution in [0.15, 0.2) is 50.8 Å². The van der Waals surface area contributed by atoms with Gasteiger partial charge >= 0.3 is 5.69 Å². The number of nitrogens with zero attached hydrogens (tertiary/aromatic N) is 5. The number of morpholine rings is 1. The molecule has 0 bridgehead atoms. The second-order valence-corrected chi connectivity index (χ2v) is 10.5. The van der Waals surface area contributed by atoms with Crippen LogP contribution in [-0.2, 0) is 9.53 Å². The van der Waals surface area contributed by atoms with Crippen LogP contribution in [0.2, 0.25) is 0 Å². The second-order valence-electron chi connectivity index (χ2n) is 9.59. The highest BCUT2D eigenvalue weighted by Crippen LogP contribution is 2.32. The van der Waals surface area contributed by atoms with E-state index >= 15 is 0 Å². The Bertz CT molecular complexity index is 1480. The monoisotopic (exact) mass is 597 g/mol. The minimum Gasteiger partial charge on any atom is -0.477 e. The highest BCUT2D eigenvalue weighted by molar-refractivity contribution is 9.10. The first-order chi connectivity index (χ1) is 18.9. The standard InChI is InChI=1S/C27H28BrN5O6/c28-20-7-8-22-21(15-20)27(35)32(26(30-22)19-4-2-1-3-5-19)29-16-18-6-9-24(23(14-18)33(36)37)39-17-25(34)31-10-12-38-13-11-31/h6-9,14-16,19H,1-5,10-13,17H2. The van der Waals surface area contributed by atoms with Gasteiger partial charge in [0.15, 0.2) is 12.4 Å². The van der Waals surface area contributed by atoms with Crippen molar-refractivity contribution in [1.82, 2.24) is 14.6 Å². The van der Waals surface area contributed by atoms with Crippen LogP contribution >= 0.6 is 15.9 Å². The minimum atomic E-state index is -0.569. The SMILES string of the molecule is O=C(COc1ccc(C=Nn2c(C3CCCCC3)nc3ccc(Br)cc3c2=O)cc1[N+](=O)[O-])N1CCOCC1. The molecular formula is C27H28BrN5O6. The molecule has 3 aromatic rings. The van der Waals surface area contributed by atoms with Crippen molar-refractivity contribution in [1.29, 1.82) is 0 Å². The van der Waals surface area contributed by atoms with Crippen molar-refractivity contribution in [3.8, 4) is 5.75 Å². The van der Waals surface area contributed by atoms with E-state index in [-0.39, 0.29) is 35.4 Å². The van der Waals surface area contributed by atoms with E-state index in [0.717, 1.165) is 36.6 Å². The molecule has 204 valence electrons. The smallest absolute Gasteiger partial charge is 0.311 e. The largest absolute Gasteiger partial charge is 0.477 e. The summed E-state index contributed by atoms with van der Waals surface area (Å²) in [4.78, 5) is 43.5. The first kappa shape index (κ1) is 26.9. The topological polar surface area (TPSA) is 129 Å². The van der Waals surface area contributed by atoms with Crippen LogP contribution in [-0.4, -0.2) is 64.5 Å². The molecule has 0 radical (unpaired) electrons. The van der Waals surface area contributed by atoms with Gasteiger partial charge < -0.3 is 14.4 Å². The number of nitro groups is 1. The van der Waals surface area contributed by atoms with Crippen molar-refractivity contribution in [2.24, 2.45) is 5.10 Å². The molecule has 1 aliphatic carbocycles. The van der Waals surface area contributed by atoms with Crippen LogP contribution in [0, 0.1) is 10.1 Å². The third kappa shape index (κ3) is 6.17. The molecule has 2 heterocycles. The molecule has 0 unspecified atom stereocenters. The van der Waals surface area contributed by atoms with Gasteiger partial charge in [-0.05, 0) is 43.2 Å². The second kappa shape index (κ2) is 12.0. The van der Waals surface area contributed by atoms with E-state index in [1.165, 1.54) is 23.0 Å². The molecule has 0 spiro atoms. The molecular weight excluding hydrogens is 570 g/mol. The number of rotatable bonds is 7. The van der Waals surface area contributed by atoms with Gasteiger partial charge in [0.1, 0.15) is 5.82 Å². The molecule has 2 aromatic carbocycles. The summed E-state index contributed by atoms with van der Waals surface area (Å²) in [5.41, 5.74) is 0.423. The fourth-order valence-corrected chi connectivity index (χ4v) is 5.31. The Balaban J connectivity index is 1.43. The van der Waals surface area contributed by atoms with Crippen molar-refractivity contribution < 1.29 is 19.2 Å². The summed E-state index contributed by atoms with van der Waals surface area (Å²) in [6.45, 7) is 1.52. The molecule has 5 rings (SSSR count). The van der Waals surface area contributed by atoms with Crippen LogP contribution in [0.1, 0.15) is 49.4 Å². The van der Waals surface area contributed by atoms with Gasteiger partial charge in [-0.2, -0.15) is 9.78 Å². The summed E-state index contributed by atoms with van der Waals surface area (Å²) in [6.07, 6.45) is 6.53. The zero-order chi connectivity index (χ0) is 27.4. The van der Waals surface area contributed by atoms with Crippen molar-refractivity contribution in [3.05, 3.63) is 72.7 Å². The highest BCUT2D eigenvalue weighted by atomic mass is 79.9. The molecule has 39 heavy (non-hydrogen) atoms. The van der Waals surface area contributed by atoms with E-state index < -0.39 is 4.92 Å². The van der Waals surface area contributed by atoms with E-state index in [1.807, 2.05) is 12.1 Å². The predicted octanol–water partition coefficient (Wildman–Crippen LogP) is 4.23. The average Bonchev–Trinajstić information content (AvgIpc) is 2.96. The number of nitro benzene ring substituents is 1. The Morgan fingerprint density at radius 1 is 1.18 bits per heavy atom. The summed E-state index contributed by atoms with van der Waals surface area (Å²) in [5, 5.41) is 16.7. The molecule has 11 nitrogen and oxygen atoms in total. The summed E-state index contributed by atoms with van der Waals surface area (Å²) < 4.78 is 12.8. The lowest BCUT2D eigenvalue weighted by Gasteiger charge is -2.26. The van der Waals surface area contributed by atoms with Crippen LogP contribution in [0.4, 0.5) is 5.69 Å². The number of carbonyl (C=O) groups excluding carboxylic acids is 1. The van der Waals surface area contributed by atoms with Gasteiger partial charge in [-0.3, -0.25) is 19.7 Å². The van der Waals surface area contributed by atoms with Gasteiger partial charge in [-0.15, -0.1) is 0 Å². The molecule has 1 saturated heterocycles. The third-order valence-corrected chi connectivity index (χ3v) is 7.51. The van der Waals surface area contributed by atoms with Crippen molar-refractivity contribution >= 4 is 44.6 Å². The Hall–Kier alpha value is -3.64. The number of aromatic nitrogens is 2. The molecule has 1 aliphatic heterocycles. The van der Waals surface area contributed by atoms with Crippen LogP contribution in [0.25, 0.3) is 10.9 Å². The maximum atomic E-state index is 13.5. The summed E-state index contributed by atoms with van der Waals surface area (Å²) in [7, 11) is 0. The van der Waals surface area contributed by atoms with Crippen LogP contribution in [0.3, 0.4) is 0 Å². The van der Waals surface area contributed by atoms with Crippen LogP contribution < -0.4 is 10.3 Å². The van der Waals surface area contributed by atoms with E-state index in [9.17, 15) is 19.7 Å². The van der Waals surface area contributed by atoms with Gasteiger partial charge in [0.25, 0.3) is 11.5 Å². The number of benzene rings is 2. The highest BCUT2D eigenvalue weighted by Gasteiger charge is 2.23. The first-order valence-electron chi connectivity index (χ1n) is 12.9. The predicted molar refractivity (Wildman–Crippen MR) is 149 cm³/mol. The van der Waals surface area contributed by atoms with Crippen molar-refractivity contribution in [2.45, 2.75) is 38.0 Å². The Kier molecular flexibility index (Phi) is 8.32. The zero-order valence-corrected chi connectivity index (χ0v) is 22.8. The number of amides is 1. The lowest BCUT2D eigenvalue weighted by Crippen LogP contribution is -2.43. The summed E-state index contributed by atoms with van der Waals surface area (Å²) in [6, 6.07) is 9.73. The van der Waals surface area contributed by atoms with Gasteiger partial charge in [-0.25, -0.2) is 4.98 Å².